The number of anilines is 2. The van der Waals surface area contributed by atoms with E-state index in [0.29, 0.717) is 65.0 Å². The third-order valence-corrected chi connectivity index (χ3v) is 11.0. The average molecular weight is 1000 g/mol. The van der Waals surface area contributed by atoms with Gasteiger partial charge in [0, 0.05) is 64.5 Å². The Labute approximate surface area is 415 Å². The summed E-state index contributed by atoms with van der Waals surface area (Å²) in [6.07, 6.45) is 8.39. The van der Waals surface area contributed by atoms with E-state index < -0.39 is 59.4 Å². The first kappa shape index (κ1) is 52.4. The van der Waals surface area contributed by atoms with Crippen molar-refractivity contribution in [1.29, 1.82) is 0 Å². The third-order valence-electron chi connectivity index (χ3n) is 11.0. The second kappa shape index (κ2) is 24.5. The van der Waals surface area contributed by atoms with Crippen LogP contribution in [0.1, 0.15) is 79.3 Å². The standard InChI is InChI=1S/C24H18F2N4O3.C17H13F2N3O.C10H9N3O2.ClH/c1-27-21-12-14(5-8-18(21)25)29-23(31)17-6-9-19(26)22-16(17)7-10-20(22)30-24(32)33-13-15-4-2-3-11-28-15;1-21-15-8-9(2-5-12(15)18)22-17(23)11-3-6-13(19)16-10(11)4-7-14(16)20;14-10(13-6-5-11-8-13)15-7-9-3-1-2-4-12-9;/h2-6,8-9,11-12,20H,7,10,13H2,(H,29,31)(H,30,32);2-3,5-6,8,14H,4,7,20H2,(H,22,23);1-6,8H,7H2;1H/t20-;14-;;/m00../s1. The normalized spacial score (nSPS) is 13.6. The molecule has 3 amide bonds. The Morgan fingerprint density at radius 1 is 0.667 bits per heavy atom. The molecule has 0 saturated heterocycles. The zero-order valence-electron chi connectivity index (χ0n) is 37.7. The van der Waals surface area contributed by atoms with Crippen molar-refractivity contribution >= 4 is 59.2 Å². The smallest absolute Gasteiger partial charge is 0.419 e. The first-order chi connectivity index (χ1) is 34.3. The van der Waals surface area contributed by atoms with Crippen molar-refractivity contribution in [2.24, 2.45) is 5.73 Å². The second-order valence-corrected chi connectivity index (χ2v) is 15.6. The minimum absolute atomic E-state index is 0. The lowest BCUT2D eigenvalue weighted by molar-refractivity contribution is 0.101. The predicted molar refractivity (Wildman–Crippen MR) is 257 cm³/mol. The lowest BCUT2D eigenvalue weighted by Crippen LogP contribution is -2.28. The fourth-order valence-electron chi connectivity index (χ4n) is 7.65. The average Bonchev–Trinajstić information content (AvgIpc) is 4.17. The molecule has 0 unspecified atom stereocenters. The summed E-state index contributed by atoms with van der Waals surface area (Å²) >= 11 is 0. The van der Waals surface area contributed by atoms with Crippen LogP contribution in [0.3, 0.4) is 0 Å². The van der Waals surface area contributed by atoms with Gasteiger partial charge in [0.05, 0.1) is 30.6 Å². The highest BCUT2D eigenvalue weighted by molar-refractivity contribution is 6.06. The lowest BCUT2D eigenvalue weighted by atomic mass is 10.0. The van der Waals surface area contributed by atoms with Gasteiger partial charge in [-0.05, 0) is 122 Å². The summed E-state index contributed by atoms with van der Waals surface area (Å²) in [6, 6.07) is 22.2. The first-order valence-electron chi connectivity index (χ1n) is 21.6. The van der Waals surface area contributed by atoms with Crippen LogP contribution in [0.2, 0.25) is 0 Å². The highest BCUT2D eigenvalue weighted by Crippen LogP contribution is 2.37. The summed E-state index contributed by atoms with van der Waals surface area (Å²) in [7, 11) is 0. The van der Waals surface area contributed by atoms with Crippen LogP contribution < -0.4 is 21.7 Å². The van der Waals surface area contributed by atoms with E-state index >= 15 is 0 Å². The molecule has 3 aromatic heterocycles. The van der Waals surface area contributed by atoms with E-state index in [0.717, 1.165) is 12.1 Å². The molecule has 0 aliphatic heterocycles. The van der Waals surface area contributed by atoms with Crippen LogP contribution in [0.15, 0.2) is 128 Å². The quantitative estimate of drug-likeness (QED) is 0.0796. The number of aromatic nitrogens is 4. The highest BCUT2D eigenvalue weighted by Gasteiger charge is 2.32. The molecular formula is C51H41ClF4N10O6. The van der Waals surface area contributed by atoms with Gasteiger partial charge in [0.15, 0.2) is 0 Å². The number of pyridine rings is 2. The number of nitrogens with two attached hydrogens (primary N) is 1. The molecule has 2 aliphatic carbocycles. The number of hydrogen-bond acceptors (Lipinski definition) is 10. The van der Waals surface area contributed by atoms with Crippen LogP contribution in [0.5, 0.6) is 0 Å². The fourth-order valence-corrected chi connectivity index (χ4v) is 7.65. The van der Waals surface area contributed by atoms with Crippen LogP contribution in [0, 0.1) is 36.4 Å². The van der Waals surface area contributed by atoms with E-state index in [1.165, 1.54) is 71.8 Å². The first-order valence-corrected chi connectivity index (χ1v) is 21.6. The molecule has 4 aromatic carbocycles. The summed E-state index contributed by atoms with van der Waals surface area (Å²) in [6.45, 7) is 14.0. The summed E-state index contributed by atoms with van der Waals surface area (Å²) < 4.78 is 66.8. The van der Waals surface area contributed by atoms with Gasteiger partial charge >= 0.3 is 12.2 Å². The van der Waals surface area contributed by atoms with E-state index in [9.17, 15) is 36.7 Å². The van der Waals surface area contributed by atoms with Gasteiger partial charge in [0.2, 0.25) is 11.4 Å². The Kier molecular flexibility index (Phi) is 17.9. The van der Waals surface area contributed by atoms with E-state index in [2.05, 4.69) is 40.6 Å². The molecule has 16 nitrogen and oxygen atoms in total. The van der Waals surface area contributed by atoms with E-state index in [-0.39, 0.29) is 53.8 Å². The molecule has 2 aliphatic rings. The largest absolute Gasteiger partial charge is 0.443 e. The predicted octanol–water partition coefficient (Wildman–Crippen LogP) is 10.7. The number of ether oxygens (including phenoxy) is 2. The van der Waals surface area contributed by atoms with Crippen molar-refractivity contribution in [2.45, 2.75) is 51.0 Å². The topological polar surface area (TPSA) is 201 Å². The molecule has 0 saturated carbocycles. The van der Waals surface area contributed by atoms with Crippen LogP contribution in [-0.4, -0.2) is 43.5 Å². The number of amides is 3. The van der Waals surface area contributed by atoms with Gasteiger partial charge in [-0.3, -0.25) is 19.6 Å². The monoisotopic (exact) mass is 1000 g/mol. The zero-order chi connectivity index (χ0) is 50.4. The number of hydrogen-bond donors (Lipinski definition) is 4. The summed E-state index contributed by atoms with van der Waals surface area (Å²) in [4.78, 5) is 66.8. The number of carbonyl (C=O) groups is 4. The van der Waals surface area contributed by atoms with Gasteiger partial charge in [-0.1, -0.05) is 12.1 Å². The summed E-state index contributed by atoms with van der Waals surface area (Å²) in [5.74, 6) is -3.23. The van der Waals surface area contributed by atoms with Crippen molar-refractivity contribution in [2.75, 3.05) is 10.6 Å². The molecular weight excluding hydrogens is 960 g/mol. The van der Waals surface area contributed by atoms with Crippen molar-refractivity contribution in [3.05, 3.63) is 219 Å². The number of nitrogens with zero attached hydrogens (tertiary/aromatic N) is 6. The lowest BCUT2D eigenvalue weighted by Gasteiger charge is -2.16. The van der Waals surface area contributed by atoms with Gasteiger partial charge < -0.3 is 31.2 Å². The van der Waals surface area contributed by atoms with Crippen LogP contribution in [0.25, 0.3) is 9.69 Å². The minimum Gasteiger partial charge on any atom is -0.443 e. The van der Waals surface area contributed by atoms with Crippen molar-refractivity contribution in [1.82, 2.24) is 24.8 Å². The molecule has 0 radical (unpaired) electrons. The Balaban J connectivity index is 0.000000189. The molecule has 0 bridgehead atoms. The van der Waals surface area contributed by atoms with Crippen molar-refractivity contribution < 1.29 is 46.2 Å². The molecule has 9 rings (SSSR count). The summed E-state index contributed by atoms with van der Waals surface area (Å²) in [5, 5.41) is 7.87. The number of carbonyl (C=O) groups excluding carboxylic acids is 4. The van der Waals surface area contributed by atoms with E-state index in [1.54, 1.807) is 42.7 Å². The van der Waals surface area contributed by atoms with E-state index in [1.807, 2.05) is 6.07 Å². The number of alkyl carbamates (subject to hydrolysis) is 1. The SMILES string of the molecule is Cl.O=C(OCc1ccccn1)n1ccnc1.[C-]#[N+]c1cc(NC(=O)c2ccc(F)c3c2CC[C@@H]3N)ccc1F.[C-]#[N+]c1cc(NC(=O)c2ccc(F)c3c2CC[C@@H]3NC(=O)OCc2ccccn2)ccc1F. The molecule has 2 atom stereocenters. The molecule has 366 valence electrons. The number of halogens is 5. The summed E-state index contributed by atoms with van der Waals surface area (Å²) in [5.41, 5.74) is 9.64. The van der Waals surface area contributed by atoms with Gasteiger partial charge in [0.25, 0.3) is 11.8 Å². The van der Waals surface area contributed by atoms with Gasteiger partial charge in [-0.25, -0.2) is 46.4 Å². The van der Waals surface area contributed by atoms with Gasteiger partial charge in [0.1, 0.15) is 42.8 Å². The van der Waals surface area contributed by atoms with Gasteiger partial charge in [-0.2, -0.15) is 0 Å². The molecule has 0 spiro atoms. The van der Waals surface area contributed by atoms with Crippen LogP contribution in [0.4, 0.5) is 49.9 Å². The van der Waals surface area contributed by atoms with Crippen molar-refractivity contribution in [3.8, 4) is 0 Å². The van der Waals surface area contributed by atoms with E-state index in [4.69, 9.17) is 28.4 Å². The number of imidazole rings is 1. The molecule has 3 heterocycles. The third kappa shape index (κ3) is 13.0. The van der Waals surface area contributed by atoms with Gasteiger partial charge in [-0.15, -0.1) is 12.4 Å². The molecule has 21 heteroatoms. The Morgan fingerprint density at radius 2 is 1.18 bits per heavy atom. The molecule has 7 aromatic rings. The number of fused-ring (bicyclic) bond motifs is 2. The van der Waals surface area contributed by atoms with Crippen LogP contribution in [-0.2, 0) is 35.5 Å². The minimum atomic E-state index is -0.717. The fraction of sp³-hybridized carbons (Fsp3) is 0.157. The molecule has 72 heavy (non-hydrogen) atoms. The Hall–Kier alpha value is -8.98. The second-order valence-electron chi connectivity index (χ2n) is 15.6. The van der Waals surface area contributed by atoms with Crippen LogP contribution >= 0.6 is 12.4 Å². The Morgan fingerprint density at radius 3 is 1.69 bits per heavy atom. The maximum absolute atomic E-state index is 14.6. The molecule has 5 N–H and O–H groups in total. The van der Waals surface area contributed by atoms with Crippen molar-refractivity contribution in [3.63, 3.8) is 0 Å². The number of rotatable bonds is 9. The highest BCUT2D eigenvalue weighted by atomic mass is 35.5. The zero-order valence-corrected chi connectivity index (χ0v) is 38.5. The number of benzene rings is 4. The Bertz CT molecular complexity index is 3170. The maximum atomic E-state index is 14.6. The maximum Gasteiger partial charge on any atom is 0.419 e. The molecule has 0 fully saturated rings. The number of nitrogens with one attached hydrogen (secondary N) is 3.